The number of methoxy groups -OCH3 is 1. The van der Waals surface area contributed by atoms with Crippen LogP contribution in [0.1, 0.15) is 23.6 Å². The zero-order valence-electron chi connectivity index (χ0n) is 17.4. The van der Waals surface area contributed by atoms with Crippen LogP contribution in [0.15, 0.2) is 72.8 Å². The first kappa shape index (κ1) is 21.6. The van der Waals surface area contributed by atoms with E-state index in [2.05, 4.69) is 4.98 Å². The number of carbonyl (C=O) groups excluding carboxylic acids is 2. The van der Waals surface area contributed by atoms with Crippen LogP contribution < -0.4 is 4.74 Å². The molecule has 32 heavy (non-hydrogen) atoms. The summed E-state index contributed by atoms with van der Waals surface area (Å²) in [6.45, 7) is 0.992. The number of aromatic nitrogens is 2. The molecule has 3 aromatic rings. The standard InChI is InChI=1S/C24H22ClN3O4/c1-32-19-9-5-16(6-10-19)21-20(22(29)17-3-7-18(25)8-4-17)23(30)24(31)28(21)13-2-12-27-14-11-26-15-27/h3-11,14-15,21,29H,2,12-13H2,1H3. The molecule has 1 aliphatic heterocycles. The summed E-state index contributed by atoms with van der Waals surface area (Å²) in [6.07, 6.45) is 5.86. The van der Waals surface area contributed by atoms with Gasteiger partial charge in [0.05, 0.1) is 25.1 Å². The summed E-state index contributed by atoms with van der Waals surface area (Å²) in [4.78, 5) is 31.5. The van der Waals surface area contributed by atoms with E-state index in [1.807, 2.05) is 10.8 Å². The maximum absolute atomic E-state index is 13.0. The first-order chi connectivity index (χ1) is 15.5. The van der Waals surface area contributed by atoms with Gasteiger partial charge in [0.15, 0.2) is 0 Å². The van der Waals surface area contributed by atoms with Crippen LogP contribution in [0.2, 0.25) is 5.02 Å². The monoisotopic (exact) mass is 451 g/mol. The highest BCUT2D eigenvalue weighted by Crippen LogP contribution is 2.40. The quantitative estimate of drug-likeness (QED) is 0.332. The normalized spacial score (nSPS) is 17.7. The van der Waals surface area contributed by atoms with Crippen molar-refractivity contribution in [2.45, 2.75) is 19.0 Å². The van der Waals surface area contributed by atoms with E-state index in [1.165, 1.54) is 4.90 Å². The molecule has 1 aromatic heterocycles. The number of aliphatic hydroxyl groups excluding tert-OH is 1. The average Bonchev–Trinajstić information content (AvgIpc) is 3.41. The van der Waals surface area contributed by atoms with Gasteiger partial charge in [-0.1, -0.05) is 23.7 Å². The summed E-state index contributed by atoms with van der Waals surface area (Å²) in [5.41, 5.74) is 1.19. The number of amides is 1. The van der Waals surface area contributed by atoms with E-state index in [0.717, 1.165) is 0 Å². The number of rotatable bonds is 7. The largest absolute Gasteiger partial charge is 0.507 e. The van der Waals surface area contributed by atoms with Gasteiger partial charge in [0.25, 0.3) is 11.7 Å². The molecule has 0 radical (unpaired) electrons. The van der Waals surface area contributed by atoms with Crippen LogP contribution in [0, 0.1) is 0 Å². The summed E-state index contributed by atoms with van der Waals surface area (Å²) in [5, 5.41) is 11.5. The number of Topliss-reactive ketones (excluding diaryl/α,β-unsaturated/α-hetero) is 1. The lowest BCUT2D eigenvalue weighted by Crippen LogP contribution is -2.31. The van der Waals surface area contributed by atoms with Crippen molar-refractivity contribution in [3.63, 3.8) is 0 Å². The molecule has 2 aromatic carbocycles. The van der Waals surface area contributed by atoms with E-state index < -0.39 is 17.7 Å². The van der Waals surface area contributed by atoms with Crippen molar-refractivity contribution in [3.8, 4) is 5.75 Å². The number of halogens is 1. The van der Waals surface area contributed by atoms with Crippen molar-refractivity contribution < 1.29 is 19.4 Å². The Morgan fingerprint density at radius 1 is 1.09 bits per heavy atom. The van der Waals surface area contributed by atoms with Crippen LogP contribution in [0.3, 0.4) is 0 Å². The number of aliphatic hydroxyl groups is 1. The lowest BCUT2D eigenvalue weighted by molar-refractivity contribution is -0.139. The third-order valence-electron chi connectivity index (χ3n) is 5.46. The Bertz CT molecular complexity index is 1140. The number of ketones is 1. The van der Waals surface area contributed by atoms with Crippen LogP contribution >= 0.6 is 11.6 Å². The number of benzene rings is 2. The molecule has 4 rings (SSSR count). The molecule has 1 fully saturated rings. The number of likely N-dealkylation sites (tertiary alicyclic amines) is 1. The molecule has 1 amide bonds. The second-order valence-corrected chi connectivity index (χ2v) is 7.86. The fourth-order valence-electron chi connectivity index (χ4n) is 3.85. The van der Waals surface area contributed by atoms with E-state index >= 15 is 0 Å². The van der Waals surface area contributed by atoms with E-state index in [1.54, 1.807) is 68.2 Å². The zero-order chi connectivity index (χ0) is 22.7. The fraction of sp³-hybridized carbons (Fsp3) is 0.208. The van der Waals surface area contributed by atoms with Crippen LogP contribution in [-0.2, 0) is 16.1 Å². The number of ether oxygens (including phenoxy) is 1. The van der Waals surface area contributed by atoms with Gasteiger partial charge < -0.3 is 19.3 Å². The first-order valence-electron chi connectivity index (χ1n) is 10.1. The maximum atomic E-state index is 13.0. The number of hydrogen-bond donors (Lipinski definition) is 1. The molecule has 0 saturated carbocycles. The van der Waals surface area contributed by atoms with E-state index in [9.17, 15) is 14.7 Å². The molecular weight excluding hydrogens is 430 g/mol. The molecule has 1 unspecified atom stereocenters. The Morgan fingerprint density at radius 3 is 2.44 bits per heavy atom. The van der Waals surface area contributed by atoms with Crippen LogP contribution in [0.5, 0.6) is 5.75 Å². The summed E-state index contributed by atoms with van der Waals surface area (Å²) in [6, 6.07) is 12.9. The molecule has 1 aliphatic rings. The van der Waals surface area contributed by atoms with Crippen molar-refractivity contribution in [1.29, 1.82) is 0 Å². The highest BCUT2D eigenvalue weighted by Gasteiger charge is 2.45. The van der Waals surface area contributed by atoms with Gasteiger partial charge in [0.1, 0.15) is 11.5 Å². The molecule has 0 aliphatic carbocycles. The van der Waals surface area contributed by atoms with Crippen LogP contribution in [-0.4, -0.2) is 44.9 Å². The van der Waals surface area contributed by atoms with Gasteiger partial charge >= 0.3 is 0 Å². The van der Waals surface area contributed by atoms with Crippen LogP contribution in [0.25, 0.3) is 5.76 Å². The Labute approximate surface area is 190 Å². The first-order valence-corrected chi connectivity index (χ1v) is 10.5. The number of nitrogens with zero attached hydrogens (tertiary/aromatic N) is 3. The molecule has 7 nitrogen and oxygen atoms in total. The van der Waals surface area contributed by atoms with E-state index in [0.29, 0.717) is 41.4 Å². The topological polar surface area (TPSA) is 84.7 Å². The fourth-order valence-corrected chi connectivity index (χ4v) is 3.98. The Morgan fingerprint density at radius 2 is 1.81 bits per heavy atom. The summed E-state index contributed by atoms with van der Waals surface area (Å²) in [5.74, 6) is -0.908. The van der Waals surface area contributed by atoms with Crippen LogP contribution in [0.4, 0.5) is 0 Å². The van der Waals surface area contributed by atoms with Gasteiger partial charge in [-0.05, 0) is 48.4 Å². The smallest absolute Gasteiger partial charge is 0.295 e. The number of hydrogen-bond acceptors (Lipinski definition) is 5. The lowest BCUT2D eigenvalue weighted by atomic mass is 9.95. The predicted octanol–water partition coefficient (Wildman–Crippen LogP) is 4.06. The predicted molar refractivity (Wildman–Crippen MR) is 120 cm³/mol. The van der Waals surface area contributed by atoms with Crippen molar-refractivity contribution in [2.24, 2.45) is 0 Å². The van der Waals surface area contributed by atoms with Gasteiger partial charge in [-0.15, -0.1) is 0 Å². The summed E-state index contributed by atoms with van der Waals surface area (Å²) in [7, 11) is 1.57. The third kappa shape index (κ3) is 4.24. The highest BCUT2D eigenvalue weighted by atomic mass is 35.5. The minimum Gasteiger partial charge on any atom is -0.507 e. The molecule has 164 valence electrons. The Balaban J connectivity index is 1.72. The summed E-state index contributed by atoms with van der Waals surface area (Å²) < 4.78 is 7.14. The van der Waals surface area contributed by atoms with E-state index in [4.69, 9.17) is 16.3 Å². The van der Waals surface area contributed by atoms with Gasteiger partial charge in [-0.25, -0.2) is 4.98 Å². The Kier molecular flexibility index (Phi) is 6.28. The second-order valence-electron chi connectivity index (χ2n) is 7.43. The number of carbonyl (C=O) groups is 2. The Hall–Kier alpha value is -3.58. The minimum absolute atomic E-state index is 0.0603. The number of imidazole rings is 1. The molecule has 0 bridgehead atoms. The molecule has 1 saturated heterocycles. The van der Waals surface area contributed by atoms with Gasteiger partial charge in [0.2, 0.25) is 0 Å². The van der Waals surface area contributed by atoms with Gasteiger partial charge in [0, 0.05) is 36.1 Å². The lowest BCUT2D eigenvalue weighted by Gasteiger charge is -2.25. The number of aryl methyl sites for hydroxylation is 1. The third-order valence-corrected chi connectivity index (χ3v) is 5.72. The van der Waals surface area contributed by atoms with Gasteiger partial charge in [-0.2, -0.15) is 0 Å². The van der Waals surface area contributed by atoms with Gasteiger partial charge in [-0.3, -0.25) is 9.59 Å². The van der Waals surface area contributed by atoms with Crippen molar-refractivity contribution in [2.75, 3.05) is 13.7 Å². The average molecular weight is 452 g/mol. The van der Waals surface area contributed by atoms with E-state index in [-0.39, 0.29) is 11.3 Å². The molecule has 1 N–H and O–H groups in total. The molecule has 8 heteroatoms. The maximum Gasteiger partial charge on any atom is 0.295 e. The molecule has 2 heterocycles. The highest BCUT2D eigenvalue weighted by molar-refractivity contribution is 6.46. The zero-order valence-corrected chi connectivity index (χ0v) is 18.2. The molecule has 0 spiro atoms. The summed E-state index contributed by atoms with van der Waals surface area (Å²) >= 11 is 5.96. The van der Waals surface area contributed by atoms with Crippen molar-refractivity contribution in [1.82, 2.24) is 14.5 Å². The SMILES string of the molecule is COc1ccc(C2C(=C(O)c3ccc(Cl)cc3)C(=O)C(=O)N2CCCn2ccnc2)cc1. The van der Waals surface area contributed by atoms with Crippen molar-refractivity contribution in [3.05, 3.63) is 89.0 Å². The van der Waals surface area contributed by atoms with Crippen molar-refractivity contribution >= 4 is 29.1 Å². The molecule has 1 atom stereocenters. The minimum atomic E-state index is -0.709. The molecular formula is C24H22ClN3O4. The second kappa shape index (κ2) is 9.28.